The summed E-state index contributed by atoms with van der Waals surface area (Å²) in [5.74, 6) is -0.00606. The van der Waals surface area contributed by atoms with E-state index >= 15 is 0 Å². The van der Waals surface area contributed by atoms with Crippen molar-refractivity contribution in [3.05, 3.63) is 31.8 Å². The van der Waals surface area contributed by atoms with Gasteiger partial charge in [0.15, 0.2) is 0 Å². The SMILES string of the molecule is CCC(CC)N(CCO)C(=O)c1cc(Br)ccc1I. The number of carbonyl (C=O) groups is 1. The number of halogens is 2. The number of amides is 1. The highest BCUT2D eigenvalue weighted by Gasteiger charge is 2.23. The minimum absolute atomic E-state index is 0.00606. The van der Waals surface area contributed by atoms with Crippen molar-refractivity contribution in [2.75, 3.05) is 13.2 Å². The molecule has 3 nitrogen and oxygen atoms in total. The first-order valence-corrected chi connectivity index (χ1v) is 8.29. The van der Waals surface area contributed by atoms with Crippen molar-refractivity contribution in [3.8, 4) is 0 Å². The minimum atomic E-state index is -0.00712. The maximum Gasteiger partial charge on any atom is 0.255 e. The highest BCUT2D eigenvalue weighted by molar-refractivity contribution is 14.1. The van der Waals surface area contributed by atoms with Crippen LogP contribution in [0.3, 0.4) is 0 Å². The molecule has 1 amide bonds. The van der Waals surface area contributed by atoms with Gasteiger partial charge in [0.25, 0.3) is 5.91 Å². The van der Waals surface area contributed by atoms with Crippen LogP contribution in [0.15, 0.2) is 22.7 Å². The van der Waals surface area contributed by atoms with E-state index in [2.05, 4.69) is 52.4 Å². The van der Waals surface area contributed by atoms with E-state index in [1.807, 2.05) is 18.2 Å². The predicted molar refractivity (Wildman–Crippen MR) is 89.4 cm³/mol. The molecule has 1 N–H and O–H groups in total. The third kappa shape index (κ3) is 4.43. The average molecular weight is 440 g/mol. The number of rotatable bonds is 6. The fourth-order valence-corrected chi connectivity index (χ4v) is 3.03. The summed E-state index contributed by atoms with van der Waals surface area (Å²) >= 11 is 5.57. The zero-order valence-electron chi connectivity index (χ0n) is 11.2. The lowest BCUT2D eigenvalue weighted by molar-refractivity contribution is 0.0621. The van der Waals surface area contributed by atoms with Gasteiger partial charge in [-0.05, 0) is 53.6 Å². The number of nitrogens with zero attached hydrogens (tertiary/aromatic N) is 1. The van der Waals surface area contributed by atoms with Gasteiger partial charge in [-0.1, -0.05) is 29.8 Å². The molecule has 0 fully saturated rings. The van der Waals surface area contributed by atoms with Crippen LogP contribution in [0.2, 0.25) is 0 Å². The Labute approximate surface area is 136 Å². The molecule has 0 aliphatic rings. The third-order valence-electron chi connectivity index (χ3n) is 3.14. The molecule has 0 saturated heterocycles. The van der Waals surface area contributed by atoms with Crippen molar-refractivity contribution >= 4 is 44.4 Å². The molecule has 0 aliphatic heterocycles. The van der Waals surface area contributed by atoms with Gasteiger partial charge in [0.2, 0.25) is 0 Å². The summed E-state index contributed by atoms with van der Waals surface area (Å²) in [7, 11) is 0. The van der Waals surface area contributed by atoms with Crippen molar-refractivity contribution < 1.29 is 9.90 Å². The second-order valence-corrected chi connectivity index (χ2v) is 6.39. The van der Waals surface area contributed by atoms with Crippen LogP contribution in [0.4, 0.5) is 0 Å². The van der Waals surface area contributed by atoms with Gasteiger partial charge in [-0.2, -0.15) is 0 Å². The zero-order valence-corrected chi connectivity index (χ0v) is 14.9. The molecule has 0 bridgehead atoms. The van der Waals surface area contributed by atoms with Crippen LogP contribution in [0.5, 0.6) is 0 Å². The summed E-state index contributed by atoms with van der Waals surface area (Å²) in [6, 6.07) is 5.86. The van der Waals surface area contributed by atoms with Gasteiger partial charge in [0.1, 0.15) is 0 Å². The summed E-state index contributed by atoms with van der Waals surface area (Å²) in [4.78, 5) is 14.4. The van der Waals surface area contributed by atoms with Gasteiger partial charge < -0.3 is 10.0 Å². The van der Waals surface area contributed by atoms with Crippen molar-refractivity contribution in [1.82, 2.24) is 4.90 Å². The van der Waals surface area contributed by atoms with Crippen molar-refractivity contribution in [1.29, 1.82) is 0 Å². The number of aliphatic hydroxyl groups excluding tert-OH is 1. The molecule has 0 aromatic heterocycles. The third-order valence-corrected chi connectivity index (χ3v) is 4.58. The molecule has 1 rings (SSSR count). The molecule has 0 spiro atoms. The first kappa shape index (κ1) is 16.9. The molecule has 0 atom stereocenters. The number of hydrogen-bond donors (Lipinski definition) is 1. The Hall–Kier alpha value is -0.140. The second kappa shape index (κ2) is 8.21. The highest BCUT2D eigenvalue weighted by Crippen LogP contribution is 2.22. The Bertz CT molecular complexity index is 435. The Kier molecular flexibility index (Phi) is 7.31. The quantitative estimate of drug-likeness (QED) is 0.687. The van der Waals surface area contributed by atoms with Gasteiger partial charge in [0, 0.05) is 20.6 Å². The monoisotopic (exact) mass is 439 g/mol. The lowest BCUT2D eigenvalue weighted by Gasteiger charge is -2.30. The lowest BCUT2D eigenvalue weighted by Crippen LogP contribution is -2.41. The minimum Gasteiger partial charge on any atom is -0.395 e. The average Bonchev–Trinajstić information content (AvgIpc) is 2.41. The van der Waals surface area contributed by atoms with E-state index in [-0.39, 0.29) is 18.6 Å². The number of carbonyl (C=O) groups excluding carboxylic acids is 1. The molecule has 0 aliphatic carbocycles. The fraction of sp³-hybridized carbons (Fsp3) is 0.500. The van der Waals surface area contributed by atoms with Crippen LogP contribution >= 0.6 is 38.5 Å². The molecule has 1 aromatic rings. The van der Waals surface area contributed by atoms with E-state index < -0.39 is 0 Å². The molecule has 0 radical (unpaired) electrons. The molecule has 0 saturated carbocycles. The molecule has 106 valence electrons. The van der Waals surface area contributed by atoms with E-state index in [9.17, 15) is 9.90 Å². The lowest BCUT2D eigenvalue weighted by atomic mass is 10.1. The second-order valence-electron chi connectivity index (χ2n) is 4.32. The van der Waals surface area contributed by atoms with E-state index in [1.165, 1.54) is 0 Å². The molecule has 1 aromatic carbocycles. The van der Waals surface area contributed by atoms with Gasteiger partial charge in [-0.25, -0.2) is 0 Å². The Balaban J connectivity index is 3.08. The fourth-order valence-electron chi connectivity index (χ4n) is 2.10. The summed E-state index contributed by atoms with van der Waals surface area (Å²) in [5, 5.41) is 9.19. The first-order valence-electron chi connectivity index (χ1n) is 6.42. The van der Waals surface area contributed by atoms with Crippen LogP contribution in [-0.2, 0) is 0 Å². The van der Waals surface area contributed by atoms with Gasteiger partial charge in [0.05, 0.1) is 12.2 Å². The van der Waals surface area contributed by atoms with Crippen molar-refractivity contribution in [2.24, 2.45) is 0 Å². The van der Waals surface area contributed by atoms with Crippen LogP contribution in [0.1, 0.15) is 37.0 Å². The molecule has 0 unspecified atom stereocenters. The maximum atomic E-state index is 12.7. The Morgan fingerprint density at radius 2 is 2.05 bits per heavy atom. The van der Waals surface area contributed by atoms with Crippen LogP contribution < -0.4 is 0 Å². The molecule has 0 heterocycles. The number of benzene rings is 1. The summed E-state index contributed by atoms with van der Waals surface area (Å²) in [5.41, 5.74) is 0.690. The van der Waals surface area contributed by atoms with Crippen LogP contribution in [0, 0.1) is 3.57 Å². The number of hydrogen-bond acceptors (Lipinski definition) is 2. The normalized spacial score (nSPS) is 10.8. The predicted octanol–water partition coefficient (Wildman–Crippen LogP) is 3.68. The summed E-state index contributed by atoms with van der Waals surface area (Å²) in [6.45, 7) is 4.51. The Morgan fingerprint density at radius 1 is 1.42 bits per heavy atom. The molecule has 5 heteroatoms. The van der Waals surface area contributed by atoms with E-state index in [4.69, 9.17) is 0 Å². The zero-order chi connectivity index (χ0) is 14.4. The topological polar surface area (TPSA) is 40.5 Å². The van der Waals surface area contributed by atoms with Crippen molar-refractivity contribution in [3.63, 3.8) is 0 Å². The molecule has 19 heavy (non-hydrogen) atoms. The van der Waals surface area contributed by atoms with Gasteiger partial charge in [-0.15, -0.1) is 0 Å². The van der Waals surface area contributed by atoms with Crippen LogP contribution in [-0.4, -0.2) is 35.1 Å². The smallest absolute Gasteiger partial charge is 0.255 e. The summed E-state index contributed by atoms with van der Waals surface area (Å²) < 4.78 is 1.82. The van der Waals surface area contributed by atoms with E-state index in [0.29, 0.717) is 12.1 Å². The highest BCUT2D eigenvalue weighted by atomic mass is 127. The number of aliphatic hydroxyl groups is 1. The van der Waals surface area contributed by atoms with Gasteiger partial charge in [-0.3, -0.25) is 4.79 Å². The maximum absolute atomic E-state index is 12.7. The largest absolute Gasteiger partial charge is 0.395 e. The van der Waals surface area contributed by atoms with Gasteiger partial charge >= 0.3 is 0 Å². The summed E-state index contributed by atoms with van der Waals surface area (Å²) in [6.07, 6.45) is 1.79. The Morgan fingerprint density at radius 3 is 2.58 bits per heavy atom. The first-order chi connectivity index (χ1) is 9.04. The van der Waals surface area contributed by atoms with Crippen molar-refractivity contribution in [2.45, 2.75) is 32.7 Å². The van der Waals surface area contributed by atoms with E-state index in [0.717, 1.165) is 20.9 Å². The standard InChI is InChI=1S/C14H19BrINO2/c1-3-11(4-2)17(7-8-18)14(19)12-9-10(15)5-6-13(12)16/h5-6,9,11,18H,3-4,7-8H2,1-2H3. The molecular weight excluding hydrogens is 421 g/mol. The molecular formula is C14H19BrINO2. The van der Waals surface area contributed by atoms with E-state index in [1.54, 1.807) is 4.90 Å². The van der Waals surface area contributed by atoms with Crippen LogP contribution in [0.25, 0.3) is 0 Å².